The number of ether oxygens (including phenoxy) is 2. The van der Waals surface area contributed by atoms with E-state index in [4.69, 9.17) is 15.2 Å². The topological polar surface area (TPSA) is 47.7 Å². The molecule has 0 aliphatic carbocycles. The van der Waals surface area contributed by atoms with Crippen molar-refractivity contribution in [2.45, 2.75) is 38.9 Å². The molecule has 1 fully saturated rings. The number of methoxy groups -OCH3 is 1. The number of anilines is 2. The van der Waals surface area contributed by atoms with Crippen LogP contribution in [0.15, 0.2) is 12.1 Å². The molecule has 4 nitrogen and oxygen atoms in total. The van der Waals surface area contributed by atoms with Crippen molar-refractivity contribution in [3.8, 4) is 5.75 Å². The van der Waals surface area contributed by atoms with Crippen LogP contribution in [0.4, 0.5) is 15.8 Å². The van der Waals surface area contributed by atoms with Gasteiger partial charge in [0.15, 0.2) is 11.6 Å². The second kappa shape index (κ2) is 6.31. The number of piperidine rings is 1. The highest BCUT2D eigenvalue weighted by Gasteiger charge is 2.22. The zero-order valence-electron chi connectivity index (χ0n) is 12.4. The first-order chi connectivity index (χ1) is 9.51. The van der Waals surface area contributed by atoms with Crippen LogP contribution in [0.3, 0.4) is 0 Å². The van der Waals surface area contributed by atoms with Gasteiger partial charge in [0, 0.05) is 32.3 Å². The molecule has 1 aliphatic rings. The number of nitrogens with two attached hydrogens (primary N) is 1. The molecule has 0 bridgehead atoms. The molecule has 1 aromatic carbocycles. The Morgan fingerprint density at radius 3 is 2.50 bits per heavy atom. The summed E-state index contributed by atoms with van der Waals surface area (Å²) in [5.74, 6) is -0.148. The fraction of sp³-hybridized carbons (Fsp3) is 0.600. The summed E-state index contributed by atoms with van der Waals surface area (Å²) in [5, 5.41) is 0. The summed E-state index contributed by atoms with van der Waals surface area (Å²) in [4.78, 5) is 2.16. The zero-order valence-corrected chi connectivity index (χ0v) is 12.4. The molecule has 0 spiro atoms. The SMILES string of the molecule is COC1CCN(c2cc(OC(C)C)c(F)cc2N)CC1. The monoisotopic (exact) mass is 282 g/mol. The van der Waals surface area contributed by atoms with Gasteiger partial charge in [0.05, 0.1) is 23.6 Å². The lowest BCUT2D eigenvalue weighted by Crippen LogP contribution is -2.37. The Morgan fingerprint density at radius 2 is 1.95 bits per heavy atom. The summed E-state index contributed by atoms with van der Waals surface area (Å²) in [6.07, 6.45) is 2.14. The molecule has 20 heavy (non-hydrogen) atoms. The maximum absolute atomic E-state index is 13.8. The minimum absolute atomic E-state index is 0.0693. The van der Waals surface area contributed by atoms with Gasteiger partial charge in [-0.2, -0.15) is 0 Å². The van der Waals surface area contributed by atoms with E-state index < -0.39 is 5.82 Å². The lowest BCUT2D eigenvalue weighted by molar-refractivity contribution is 0.0819. The van der Waals surface area contributed by atoms with E-state index in [0.29, 0.717) is 11.8 Å². The van der Waals surface area contributed by atoms with Crippen LogP contribution in [0.2, 0.25) is 0 Å². The molecular weight excluding hydrogens is 259 g/mol. The molecule has 0 amide bonds. The molecule has 5 heteroatoms. The molecule has 0 atom stereocenters. The standard InChI is InChI=1S/C15H23FN2O2/c1-10(2)20-15-9-14(13(17)8-12(15)16)18-6-4-11(19-3)5-7-18/h8-11H,4-7,17H2,1-3H3. The van der Waals surface area contributed by atoms with Crippen molar-refractivity contribution in [2.24, 2.45) is 0 Å². The highest BCUT2D eigenvalue weighted by Crippen LogP contribution is 2.33. The van der Waals surface area contributed by atoms with Gasteiger partial charge >= 0.3 is 0 Å². The lowest BCUT2D eigenvalue weighted by atomic mass is 10.1. The second-order valence-corrected chi connectivity index (χ2v) is 5.43. The van der Waals surface area contributed by atoms with Crippen molar-refractivity contribution >= 4 is 11.4 Å². The first-order valence-corrected chi connectivity index (χ1v) is 7.04. The quantitative estimate of drug-likeness (QED) is 0.863. The van der Waals surface area contributed by atoms with Crippen molar-refractivity contribution in [3.05, 3.63) is 17.9 Å². The Labute approximate surface area is 119 Å². The molecule has 112 valence electrons. The minimum Gasteiger partial charge on any atom is -0.488 e. The average molecular weight is 282 g/mol. The van der Waals surface area contributed by atoms with Gasteiger partial charge in [0.2, 0.25) is 0 Å². The van der Waals surface area contributed by atoms with Crippen molar-refractivity contribution in [3.63, 3.8) is 0 Å². The summed E-state index contributed by atoms with van der Waals surface area (Å²) >= 11 is 0. The molecule has 2 N–H and O–H groups in total. The number of benzene rings is 1. The van der Waals surface area contributed by atoms with Crippen LogP contribution in [-0.4, -0.2) is 32.4 Å². The molecular formula is C15H23FN2O2. The molecule has 1 aromatic rings. The summed E-state index contributed by atoms with van der Waals surface area (Å²) in [7, 11) is 1.74. The van der Waals surface area contributed by atoms with Crippen molar-refractivity contribution in [2.75, 3.05) is 30.8 Å². The minimum atomic E-state index is -0.410. The van der Waals surface area contributed by atoms with Gasteiger partial charge in [-0.15, -0.1) is 0 Å². The summed E-state index contributed by atoms with van der Waals surface area (Å²) in [6, 6.07) is 3.05. The van der Waals surface area contributed by atoms with Gasteiger partial charge < -0.3 is 20.1 Å². The third-order valence-corrected chi connectivity index (χ3v) is 3.56. The molecule has 0 unspecified atom stereocenters. The van der Waals surface area contributed by atoms with E-state index in [2.05, 4.69) is 4.90 Å². The first kappa shape index (κ1) is 14.9. The van der Waals surface area contributed by atoms with Gasteiger partial charge in [-0.1, -0.05) is 0 Å². The highest BCUT2D eigenvalue weighted by molar-refractivity contribution is 5.70. The van der Waals surface area contributed by atoms with Crippen LogP contribution >= 0.6 is 0 Å². The Kier molecular flexibility index (Phi) is 4.70. The van der Waals surface area contributed by atoms with Crippen LogP contribution in [0.25, 0.3) is 0 Å². The van der Waals surface area contributed by atoms with Gasteiger partial charge in [0.1, 0.15) is 0 Å². The van der Waals surface area contributed by atoms with Gasteiger partial charge in [-0.05, 0) is 26.7 Å². The molecule has 1 saturated heterocycles. The predicted molar refractivity (Wildman–Crippen MR) is 78.8 cm³/mol. The molecule has 2 rings (SSSR count). The van der Waals surface area contributed by atoms with Crippen LogP contribution in [-0.2, 0) is 4.74 Å². The second-order valence-electron chi connectivity index (χ2n) is 5.43. The Balaban J connectivity index is 2.19. The number of hydrogen-bond donors (Lipinski definition) is 1. The third kappa shape index (κ3) is 3.33. The number of halogens is 1. The normalized spacial score (nSPS) is 16.8. The maximum atomic E-state index is 13.8. The average Bonchev–Trinajstić information content (AvgIpc) is 2.41. The maximum Gasteiger partial charge on any atom is 0.167 e. The fourth-order valence-electron chi connectivity index (χ4n) is 2.51. The van der Waals surface area contributed by atoms with Crippen LogP contribution in [0.1, 0.15) is 26.7 Å². The number of hydrogen-bond acceptors (Lipinski definition) is 4. The van der Waals surface area contributed by atoms with E-state index in [-0.39, 0.29) is 11.9 Å². The smallest absolute Gasteiger partial charge is 0.167 e. The Hall–Kier alpha value is -1.49. The zero-order chi connectivity index (χ0) is 14.7. The van der Waals surface area contributed by atoms with E-state index in [1.807, 2.05) is 13.8 Å². The van der Waals surface area contributed by atoms with E-state index >= 15 is 0 Å². The van der Waals surface area contributed by atoms with E-state index in [1.165, 1.54) is 6.07 Å². The van der Waals surface area contributed by atoms with Crippen molar-refractivity contribution in [1.29, 1.82) is 0 Å². The van der Waals surface area contributed by atoms with Crippen LogP contribution in [0, 0.1) is 5.82 Å². The van der Waals surface area contributed by atoms with Crippen LogP contribution < -0.4 is 15.4 Å². The lowest BCUT2D eigenvalue weighted by Gasteiger charge is -2.33. The summed E-state index contributed by atoms with van der Waals surface area (Å²) < 4.78 is 24.7. The summed E-state index contributed by atoms with van der Waals surface area (Å²) in [5.41, 5.74) is 7.25. The third-order valence-electron chi connectivity index (χ3n) is 3.56. The van der Waals surface area contributed by atoms with Crippen molar-refractivity contribution in [1.82, 2.24) is 0 Å². The molecule has 0 saturated carbocycles. The van der Waals surface area contributed by atoms with Crippen molar-refractivity contribution < 1.29 is 13.9 Å². The molecule has 1 aliphatic heterocycles. The summed E-state index contributed by atoms with van der Waals surface area (Å²) in [6.45, 7) is 5.46. The van der Waals surface area contributed by atoms with E-state index in [0.717, 1.165) is 31.6 Å². The van der Waals surface area contributed by atoms with E-state index in [1.54, 1.807) is 13.2 Å². The highest BCUT2D eigenvalue weighted by atomic mass is 19.1. The predicted octanol–water partition coefficient (Wildman–Crippen LogP) is 2.81. The largest absolute Gasteiger partial charge is 0.488 e. The molecule has 0 radical (unpaired) electrons. The first-order valence-electron chi connectivity index (χ1n) is 7.04. The van der Waals surface area contributed by atoms with Gasteiger partial charge in [-0.3, -0.25) is 0 Å². The Morgan fingerprint density at radius 1 is 1.30 bits per heavy atom. The molecule has 1 heterocycles. The van der Waals surface area contributed by atoms with Crippen LogP contribution in [0.5, 0.6) is 5.75 Å². The fourth-order valence-corrected chi connectivity index (χ4v) is 2.51. The van der Waals surface area contributed by atoms with E-state index in [9.17, 15) is 4.39 Å². The molecule has 0 aromatic heterocycles. The van der Waals surface area contributed by atoms with Gasteiger partial charge in [-0.25, -0.2) is 4.39 Å². The number of nitrogen functional groups attached to an aromatic ring is 1. The number of rotatable bonds is 4. The number of nitrogens with zero attached hydrogens (tertiary/aromatic N) is 1. The Bertz CT molecular complexity index is 457. The van der Waals surface area contributed by atoms with Gasteiger partial charge in [0.25, 0.3) is 0 Å².